The number of anilines is 1. The number of morpholine rings is 1. The summed E-state index contributed by atoms with van der Waals surface area (Å²) in [5.41, 5.74) is 1.10. The van der Waals surface area contributed by atoms with E-state index in [9.17, 15) is 9.59 Å². The lowest BCUT2D eigenvalue weighted by molar-refractivity contribution is -0.132. The van der Waals surface area contributed by atoms with E-state index < -0.39 is 0 Å². The van der Waals surface area contributed by atoms with Crippen molar-refractivity contribution in [1.29, 1.82) is 0 Å². The molecule has 1 fully saturated rings. The highest BCUT2D eigenvalue weighted by atomic mass is 32.1. The van der Waals surface area contributed by atoms with Crippen molar-refractivity contribution < 1.29 is 9.53 Å². The van der Waals surface area contributed by atoms with Crippen LogP contribution < -0.4 is 10.5 Å². The zero-order chi connectivity index (χ0) is 21.6. The third-order valence-electron chi connectivity index (χ3n) is 5.32. The monoisotopic (exact) mass is 458 g/mol. The van der Waals surface area contributed by atoms with Crippen LogP contribution in [0.15, 0.2) is 39.8 Å². The van der Waals surface area contributed by atoms with E-state index in [4.69, 9.17) is 4.74 Å². The topological polar surface area (TPSA) is 78.5 Å². The second kappa shape index (κ2) is 10.2. The van der Waals surface area contributed by atoms with Gasteiger partial charge in [0.2, 0.25) is 11.9 Å². The second-order valence-corrected chi connectivity index (χ2v) is 9.53. The summed E-state index contributed by atoms with van der Waals surface area (Å²) in [5.74, 6) is 0.621. The lowest BCUT2D eigenvalue weighted by Gasteiger charge is -2.27. The van der Waals surface area contributed by atoms with Crippen LogP contribution in [0.1, 0.15) is 27.4 Å². The number of carbonyl (C=O) groups excluding carboxylic acids is 1. The highest BCUT2D eigenvalue weighted by Gasteiger charge is 2.19. The molecular formula is C22H26N4O3S2. The van der Waals surface area contributed by atoms with Crippen LogP contribution in [0.3, 0.4) is 0 Å². The van der Waals surface area contributed by atoms with E-state index in [0.29, 0.717) is 63.0 Å². The molecule has 1 amide bonds. The fourth-order valence-electron chi connectivity index (χ4n) is 3.62. The van der Waals surface area contributed by atoms with Gasteiger partial charge in [-0.15, -0.1) is 22.7 Å². The third kappa shape index (κ3) is 5.61. The van der Waals surface area contributed by atoms with Gasteiger partial charge in [-0.25, -0.2) is 4.98 Å². The van der Waals surface area contributed by atoms with Crippen LogP contribution in [-0.2, 0) is 29.0 Å². The molecule has 1 saturated heterocycles. The lowest BCUT2D eigenvalue weighted by Crippen LogP contribution is -2.38. The number of aryl methyl sites for hydroxylation is 1. The number of rotatable bonds is 8. The molecule has 0 saturated carbocycles. The van der Waals surface area contributed by atoms with Gasteiger partial charge in [-0.05, 0) is 36.2 Å². The van der Waals surface area contributed by atoms with Crippen molar-refractivity contribution >= 4 is 34.5 Å². The number of aromatic nitrogens is 2. The summed E-state index contributed by atoms with van der Waals surface area (Å²) < 4.78 is 5.37. The summed E-state index contributed by atoms with van der Waals surface area (Å²) in [6, 6.07) is 8.09. The molecule has 0 aliphatic carbocycles. The Morgan fingerprint density at radius 3 is 2.35 bits per heavy atom. The van der Waals surface area contributed by atoms with Gasteiger partial charge in [0.15, 0.2) is 0 Å². The first kappa shape index (κ1) is 21.7. The summed E-state index contributed by atoms with van der Waals surface area (Å²) >= 11 is 3.29. The number of nitrogens with one attached hydrogen (secondary N) is 1. The van der Waals surface area contributed by atoms with Crippen molar-refractivity contribution in [2.24, 2.45) is 0 Å². The van der Waals surface area contributed by atoms with Crippen molar-refractivity contribution in [3.8, 4) is 0 Å². The minimum atomic E-state index is -0.162. The fourth-order valence-corrected chi connectivity index (χ4v) is 5.06. The third-order valence-corrected chi connectivity index (χ3v) is 7.04. The van der Waals surface area contributed by atoms with Gasteiger partial charge in [0, 0.05) is 40.5 Å². The first-order valence-corrected chi connectivity index (χ1v) is 12.1. The van der Waals surface area contributed by atoms with Crippen molar-refractivity contribution in [3.63, 3.8) is 0 Å². The van der Waals surface area contributed by atoms with Gasteiger partial charge in [-0.2, -0.15) is 0 Å². The van der Waals surface area contributed by atoms with Crippen LogP contribution in [0, 0.1) is 6.92 Å². The first-order chi connectivity index (χ1) is 15.1. The lowest BCUT2D eigenvalue weighted by atomic mass is 10.1. The molecule has 0 unspecified atom stereocenters. The van der Waals surface area contributed by atoms with Crippen LogP contribution >= 0.6 is 22.7 Å². The molecule has 4 rings (SSSR count). The highest BCUT2D eigenvalue weighted by Crippen LogP contribution is 2.19. The molecule has 1 aliphatic rings. The van der Waals surface area contributed by atoms with E-state index >= 15 is 0 Å². The summed E-state index contributed by atoms with van der Waals surface area (Å²) in [5, 5.41) is 4.04. The predicted octanol–water partition coefficient (Wildman–Crippen LogP) is 3.20. The zero-order valence-electron chi connectivity index (χ0n) is 17.5. The van der Waals surface area contributed by atoms with Crippen LogP contribution in [0.5, 0.6) is 0 Å². The molecule has 0 bridgehead atoms. The average molecular weight is 459 g/mol. The van der Waals surface area contributed by atoms with Crippen LogP contribution in [-0.4, -0.2) is 47.1 Å². The van der Waals surface area contributed by atoms with Crippen LogP contribution in [0.2, 0.25) is 0 Å². The number of nitrogens with zero attached hydrogens (tertiary/aromatic N) is 3. The zero-order valence-corrected chi connectivity index (χ0v) is 19.1. The number of amides is 1. The number of H-pyrrole nitrogens is 1. The molecule has 0 aromatic carbocycles. The average Bonchev–Trinajstić information content (AvgIpc) is 3.47. The maximum absolute atomic E-state index is 13.1. The molecule has 1 aliphatic heterocycles. The quantitative estimate of drug-likeness (QED) is 0.561. The van der Waals surface area contributed by atoms with Crippen molar-refractivity contribution in [2.75, 3.05) is 31.2 Å². The summed E-state index contributed by atoms with van der Waals surface area (Å²) in [6.07, 6.45) is 0.654. The molecule has 0 atom stereocenters. The first-order valence-electron chi connectivity index (χ1n) is 10.3. The molecule has 9 heteroatoms. The minimum Gasteiger partial charge on any atom is -0.378 e. The maximum Gasteiger partial charge on any atom is 0.255 e. The molecular weight excluding hydrogens is 432 g/mol. The molecule has 31 heavy (non-hydrogen) atoms. The van der Waals surface area contributed by atoms with Gasteiger partial charge in [-0.1, -0.05) is 12.1 Å². The van der Waals surface area contributed by atoms with Crippen LogP contribution in [0.4, 0.5) is 5.95 Å². The van der Waals surface area contributed by atoms with E-state index in [2.05, 4.69) is 9.97 Å². The standard InChI is InChI=1S/C22H26N4O3S2/c1-16-19(21(28)24-22(23-16)25-8-10-29-11-9-25)6-7-20(27)26(14-17-4-2-12-30-17)15-18-5-3-13-31-18/h2-5,12-13H,6-11,14-15H2,1H3,(H,23,24,28). The van der Waals surface area contributed by atoms with Crippen molar-refractivity contribution in [3.05, 3.63) is 66.4 Å². The van der Waals surface area contributed by atoms with Gasteiger partial charge < -0.3 is 14.5 Å². The Labute approximate surface area is 189 Å². The number of hydrogen-bond acceptors (Lipinski definition) is 7. The number of thiophene rings is 2. The fraction of sp³-hybridized carbons (Fsp3) is 0.409. The molecule has 0 spiro atoms. The Bertz CT molecular complexity index is 1010. The molecule has 164 valence electrons. The Morgan fingerprint density at radius 2 is 1.81 bits per heavy atom. The molecule has 4 heterocycles. The van der Waals surface area contributed by atoms with E-state index in [-0.39, 0.29) is 17.9 Å². The second-order valence-electron chi connectivity index (χ2n) is 7.46. The van der Waals surface area contributed by atoms with Gasteiger partial charge in [0.05, 0.1) is 26.3 Å². The van der Waals surface area contributed by atoms with Gasteiger partial charge in [-0.3, -0.25) is 14.6 Å². The molecule has 3 aromatic heterocycles. The Morgan fingerprint density at radius 1 is 1.16 bits per heavy atom. The minimum absolute atomic E-state index is 0.0397. The van der Waals surface area contributed by atoms with E-state index in [1.807, 2.05) is 51.7 Å². The predicted molar refractivity (Wildman–Crippen MR) is 124 cm³/mol. The normalized spacial score (nSPS) is 14.0. The van der Waals surface area contributed by atoms with Gasteiger partial charge in [0.1, 0.15) is 0 Å². The molecule has 1 N–H and O–H groups in total. The molecule has 0 radical (unpaired) electrons. The highest BCUT2D eigenvalue weighted by molar-refractivity contribution is 7.10. The largest absolute Gasteiger partial charge is 0.378 e. The number of hydrogen-bond donors (Lipinski definition) is 1. The Hall–Kier alpha value is -2.49. The smallest absolute Gasteiger partial charge is 0.255 e. The summed E-state index contributed by atoms with van der Waals surface area (Å²) in [4.78, 5) is 39.5. The Kier molecular flexibility index (Phi) is 7.16. The number of aromatic amines is 1. The SMILES string of the molecule is Cc1nc(N2CCOCC2)[nH]c(=O)c1CCC(=O)N(Cc1cccs1)Cc1cccs1. The van der Waals surface area contributed by atoms with E-state index in [1.54, 1.807) is 22.7 Å². The van der Waals surface area contributed by atoms with Crippen molar-refractivity contribution in [2.45, 2.75) is 32.9 Å². The van der Waals surface area contributed by atoms with Crippen LogP contribution in [0.25, 0.3) is 0 Å². The van der Waals surface area contributed by atoms with Crippen molar-refractivity contribution in [1.82, 2.24) is 14.9 Å². The number of ether oxygens (including phenoxy) is 1. The number of carbonyl (C=O) groups is 1. The Balaban J connectivity index is 1.44. The van der Waals surface area contributed by atoms with E-state index in [1.165, 1.54) is 0 Å². The summed E-state index contributed by atoms with van der Waals surface area (Å²) in [7, 11) is 0. The van der Waals surface area contributed by atoms with Gasteiger partial charge in [0.25, 0.3) is 5.56 Å². The molecule has 3 aromatic rings. The van der Waals surface area contributed by atoms with E-state index in [0.717, 1.165) is 9.75 Å². The maximum atomic E-state index is 13.1. The summed E-state index contributed by atoms with van der Waals surface area (Å²) in [6.45, 7) is 5.68. The molecule has 7 nitrogen and oxygen atoms in total. The van der Waals surface area contributed by atoms with Gasteiger partial charge >= 0.3 is 0 Å².